The van der Waals surface area contributed by atoms with Gasteiger partial charge in [0.25, 0.3) is 5.56 Å². The van der Waals surface area contributed by atoms with E-state index in [4.69, 9.17) is 4.74 Å². The second-order valence-electron chi connectivity index (χ2n) is 6.47. The molecule has 0 aliphatic heterocycles. The lowest BCUT2D eigenvalue weighted by molar-refractivity contribution is -0.116. The number of methoxy groups -OCH3 is 1. The monoisotopic (exact) mass is 369 g/mol. The number of thiophene rings is 1. The SMILES string of the molecule is COc1ccc(C)cc1NC(=O)Cn1cnc2sc3c(c2c1=O)CCC3. The fourth-order valence-corrected chi connectivity index (χ4v) is 4.62. The molecule has 1 N–H and O–H groups in total. The number of hydrogen-bond donors (Lipinski definition) is 1. The van der Waals surface area contributed by atoms with E-state index in [-0.39, 0.29) is 18.0 Å². The summed E-state index contributed by atoms with van der Waals surface area (Å²) in [6, 6.07) is 5.56. The zero-order chi connectivity index (χ0) is 18.3. The summed E-state index contributed by atoms with van der Waals surface area (Å²) in [5.74, 6) is 0.296. The molecule has 3 aromatic rings. The number of benzene rings is 1. The lowest BCUT2D eigenvalue weighted by Gasteiger charge is -2.11. The van der Waals surface area contributed by atoms with Crippen LogP contribution in [0.25, 0.3) is 10.2 Å². The Morgan fingerprint density at radius 2 is 2.23 bits per heavy atom. The first kappa shape index (κ1) is 16.8. The van der Waals surface area contributed by atoms with Crippen molar-refractivity contribution < 1.29 is 9.53 Å². The topological polar surface area (TPSA) is 73.2 Å². The third-order valence-electron chi connectivity index (χ3n) is 4.63. The maximum Gasteiger partial charge on any atom is 0.262 e. The van der Waals surface area contributed by atoms with Gasteiger partial charge in [-0.3, -0.25) is 14.2 Å². The number of nitrogens with one attached hydrogen (secondary N) is 1. The number of ether oxygens (including phenoxy) is 1. The molecule has 0 radical (unpaired) electrons. The van der Waals surface area contributed by atoms with E-state index < -0.39 is 0 Å². The summed E-state index contributed by atoms with van der Waals surface area (Å²) >= 11 is 1.60. The maximum absolute atomic E-state index is 12.8. The van der Waals surface area contributed by atoms with Crippen molar-refractivity contribution in [3.8, 4) is 5.75 Å². The molecule has 134 valence electrons. The molecule has 4 rings (SSSR count). The first-order valence-electron chi connectivity index (χ1n) is 8.51. The fraction of sp³-hybridized carbons (Fsp3) is 0.316. The molecule has 0 unspecified atom stereocenters. The number of anilines is 1. The summed E-state index contributed by atoms with van der Waals surface area (Å²) in [6.45, 7) is 1.86. The predicted octanol–water partition coefficient (Wildman–Crippen LogP) is 2.90. The Morgan fingerprint density at radius 1 is 1.38 bits per heavy atom. The molecule has 1 aliphatic carbocycles. The number of hydrogen-bond acceptors (Lipinski definition) is 5. The van der Waals surface area contributed by atoms with Crippen LogP contribution in [0, 0.1) is 6.92 Å². The number of carbonyl (C=O) groups excluding carboxylic acids is 1. The molecule has 6 nitrogen and oxygen atoms in total. The van der Waals surface area contributed by atoms with Gasteiger partial charge in [0.1, 0.15) is 17.1 Å². The van der Waals surface area contributed by atoms with Crippen LogP contribution in [0.15, 0.2) is 29.3 Å². The number of rotatable bonds is 4. The summed E-state index contributed by atoms with van der Waals surface area (Å²) in [4.78, 5) is 31.7. The molecular weight excluding hydrogens is 350 g/mol. The molecule has 0 spiro atoms. The molecule has 1 aliphatic rings. The van der Waals surface area contributed by atoms with Gasteiger partial charge in [-0.15, -0.1) is 11.3 Å². The van der Waals surface area contributed by atoms with Crippen molar-refractivity contribution in [1.29, 1.82) is 0 Å². The van der Waals surface area contributed by atoms with E-state index in [1.807, 2.05) is 19.1 Å². The number of amides is 1. The minimum atomic E-state index is -0.288. The normalized spacial score (nSPS) is 13.0. The first-order valence-corrected chi connectivity index (χ1v) is 9.32. The number of aryl methyl sites for hydroxylation is 3. The van der Waals surface area contributed by atoms with Crippen LogP contribution in [-0.4, -0.2) is 22.6 Å². The summed E-state index contributed by atoms with van der Waals surface area (Å²) in [5.41, 5.74) is 2.59. The number of nitrogens with zero attached hydrogens (tertiary/aromatic N) is 2. The van der Waals surface area contributed by atoms with E-state index in [0.717, 1.165) is 35.2 Å². The highest BCUT2D eigenvalue weighted by Crippen LogP contribution is 2.34. The highest BCUT2D eigenvalue weighted by atomic mass is 32.1. The van der Waals surface area contributed by atoms with Crippen LogP contribution < -0.4 is 15.6 Å². The minimum Gasteiger partial charge on any atom is -0.495 e. The Bertz CT molecular complexity index is 1070. The molecule has 0 saturated carbocycles. The molecule has 0 fully saturated rings. The van der Waals surface area contributed by atoms with Gasteiger partial charge >= 0.3 is 0 Å². The molecule has 1 amide bonds. The minimum absolute atomic E-state index is 0.0799. The molecule has 0 bridgehead atoms. The molecule has 0 saturated heterocycles. The lowest BCUT2D eigenvalue weighted by atomic mass is 10.2. The van der Waals surface area contributed by atoms with Gasteiger partial charge in [-0.05, 0) is 49.4 Å². The molecule has 2 aromatic heterocycles. The van der Waals surface area contributed by atoms with Crippen molar-refractivity contribution in [1.82, 2.24) is 9.55 Å². The zero-order valence-corrected chi connectivity index (χ0v) is 15.5. The Balaban J connectivity index is 1.61. The first-order chi connectivity index (χ1) is 12.6. The van der Waals surface area contributed by atoms with Crippen LogP contribution in [0.1, 0.15) is 22.4 Å². The maximum atomic E-state index is 12.8. The van der Waals surface area contributed by atoms with Gasteiger partial charge in [0.15, 0.2) is 0 Å². The summed E-state index contributed by atoms with van der Waals surface area (Å²) in [6.07, 6.45) is 4.48. The Morgan fingerprint density at radius 3 is 3.04 bits per heavy atom. The summed E-state index contributed by atoms with van der Waals surface area (Å²) < 4.78 is 6.66. The number of fused-ring (bicyclic) bond motifs is 3. The van der Waals surface area contributed by atoms with E-state index in [0.29, 0.717) is 16.8 Å². The Kier molecular flexibility index (Phi) is 4.24. The Labute approximate surface area is 154 Å². The van der Waals surface area contributed by atoms with Crippen LogP contribution in [0.4, 0.5) is 5.69 Å². The van der Waals surface area contributed by atoms with E-state index in [2.05, 4.69) is 10.3 Å². The lowest BCUT2D eigenvalue weighted by Crippen LogP contribution is -2.28. The van der Waals surface area contributed by atoms with E-state index >= 15 is 0 Å². The number of aromatic nitrogens is 2. The van der Waals surface area contributed by atoms with Crippen molar-refractivity contribution in [3.63, 3.8) is 0 Å². The summed E-state index contributed by atoms with van der Waals surface area (Å²) in [7, 11) is 1.56. The second kappa shape index (κ2) is 6.57. The highest BCUT2D eigenvalue weighted by Gasteiger charge is 2.21. The Hall–Kier alpha value is -2.67. The number of carbonyl (C=O) groups is 1. The van der Waals surface area contributed by atoms with Crippen molar-refractivity contribution in [2.24, 2.45) is 0 Å². The average molecular weight is 369 g/mol. The summed E-state index contributed by atoms with van der Waals surface area (Å²) in [5, 5.41) is 3.51. The average Bonchev–Trinajstić information content (AvgIpc) is 3.18. The molecule has 0 atom stereocenters. The van der Waals surface area contributed by atoms with Crippen LogP contribution in [0.3, 0.4) is 0 Å². The van der Waals surface area contributed by atoms with Gasteiger partial charge in [-0.25, -0.2) is 4.98 Å². The fourth-order valence-electron chi connectivity index (χ4n) is 3.40. The molecule has 7 heteroatoms. The third kappa shape index (κ3) is 2.88. The van der Waals surface area contributed by atoms with Gasteiger partial charge < -0.3 is 10.1 Å². The molecule has 2 heterocycles. The van der Waals surface area contributed by atoms with Gasteiger partial charge in [-0.1, -0.05) is 6.07 Å². The van der Waals surface area contributed by atoms with Gasteiger partial charge in [0.05, 0.1) is 24.5 Å². The largest absolute Gasteiger partial charge is 0.495 e. The molecular formula is C19H19N3O3S. The predicted molar refractivity (Wildman–Crippen MR) is 102 cm³/mol. The van der Waals surface area contributed by atoms with Crippen molar-refractivity contribution >= 4 is 33.1 Å². The van der Waals surface area contributed by atoms with E-state index in [1.165, 1.54) is 15.8 Å². The standard InChI is InChI=1S/C19H19N3O3S/c1-11-6-7-14(25-2)13(8-11)21-16(23)9-22-10-20-18-17(19(22)24)12-4-3-5-15(12)26-18/h6-8,10H,3-5,9H2,1-2H3,(H,21,23). The molecule has 26 heavy (non-hydrogen) atoms. The van der Waals surface area contributed by atoms with Crippen LogP contribution in [0.2, 0.25) is 0 Å². The van der Waals surface area contributed by atoms with E-state index in [9.17, 15) is 9.59 Å². The van der Waals surface area contributed by atoms with Crippen LogP contribution in [0.5, 0.6) is 5.75 Å². The highest BCUT2D eigenvalue weighted by molar-refractivity contribution is 7.18. The second-order valence-corrected chi connectivity index (χ2v) is 7.55. The van der Waals surface area contributed by atoms with E-state index in [1.54, 1.807) is 24.5 Å². The van der Waals surface area contributed by atoms with Crippen molar-refractivity contribution in [2.75, 3.05) is 12.4 Å². The smallest absolute Gasteiger partial charge is 0.262 e. The van der Waals surface area contributed by atoms with Gasteiger partial charge in [0.2, 0.25) is 5.91 Å². The quantitative estimate of drug-likeness (QED) is 0.767. The van der Waals surface area contributed by atoms with Crippen molar-refractivity contribution in [2.45, 2.75) is 32.7 Å². The van der Waals surface area contributed by atoms with Gasteiger partial charge in [-0.2, -0.15) is 0 Å². The van der Waals surface area contributed by atoms with Crippen LogP contribution >= 0.6 is 11.3 Å². The third-order valence-corrected chi connectivity index (χ3v) is 5.83. The molecule has 1 aromatic carbocycles. The van der Waals surface area contributed by atoms with Gasteiger partial charge in [0, 0.05) is 4.88 Å². The zero-order valence-electron chi connectivity index (χ0n) is 14.7. The van der Waals surface area contributed by atoms with Crippen LogP contribution in [-0.2, 0) is 24.2 Å². The van der Waals surface area contributed by atoms with Crippen molar-refractivity contribution in [3.05, 3.63) is 50.9 Å².